The topological polar surface area (TPSA) is 69.6 Å². The van der Waals surface area contributed by atoms with Gasteiger partial charge in [-0.25, -0.2) is 9.97 Å². The largest absolute Gasteiger partial charge is 0.284 e. The third kappa shape index (κ3) is 3.64. The SMILES string of the molecule is O=C(c1ccccc1)N(O)CN(c1ccccn1)c1nc2ccccc2s1. The molecule has 0 saturated heterocycles. The van der Waals surface area contributed by atoms with Crippen molar-refractivity contribution >= 4 is 38.4 Å². The zero-order valence-corrected chi connectivity index (χ0v) is 15.1. The predicted octanol–water partition coefficient (Wildman–Crippen LogP) is 4.32. The zero-order chi connectivity index (χ0) is 18.6. The normalized spacial score (nSPS) is 10.7. The van der Waals surface area contributed by atoms with Gasteiger partial charge in [0.25, 0.3) is 5.91 Å². The number of pyridine rings is 1. The van der Waals surface area contributed by atoms with Gasteiger partial charge < -0.3 is 0 Å². The molecule has 0 aliphatic carbocycles. The van der Waals surface area contributed by atoms with Crippen LogP contribution in [0.1, 0.15) is 10.4 Å². The molecule has 0 aliphatic rings. The average Bonchev–Trinajstić information content (AvgIpc) is 3.16. The first kappa shape index (κ1) is 17.1. The van der Waals surface area contributed by atoms with Gasteiger partial charge in [0, 0.05) is 11.8 Å². The average molecular weight is 376 g/mol. The van der Waals surface area contributed by atoms with Crippen molar-refractivity contribution < 1.29 is 10.0 Å². The summed E-state index contributed by atoms with van der Waals surface area (Å²) in [5.41, 5.74) is 1.27. The van der Waals surface area contributed by atoms with Crippen molar-refractivity contribution in [1.82, 2.24) is 15.0 Å². The highest BCUT2D eigenvalue weighted by Crippen LogP contribution is 2.32. The van der Waals surface area contributed by atoms with E-state index in [2.05, 4.69) is 9.97 Å². The van der Waals surface area contributed by atoms with Crippen LogP contribution < -0.4 is 4.90 Å². The molecule has 0 spiro atoms. The van der Waals surface area contributed by atoms with Crippen molar-refractivity contribution in [3.63, 3.8) is 0 Å². The van der Waals surface area contributed by atoms with Crippen molar-refractivity contribution in [2.45, 2.75) is 0 Å². The summed E-state index contributed by atoms with van der Waals surface area (Å²) in [6.45, 7) is -0.0927. The smallest absolute Gasteiger partial charge is 0.278 e. The first-order valence-electron chi connectivity index (χ1n) is 8.32. The minimum absolute atomic E-state index is 0.0927. The number of hydrogen-bond donors (Lipinski definition) is 1. The molecular formula is C20H16N4O2S. The van der Waals surface area contributed by atoms with E-state index in [1.807, 2.05) is 48.5 Å². The number of benzene rings is 2. The highest BCUT2D eigenvalue weighted by molar-refractivity contribution is 7.22. The Morgan fingerprint density at radius 1 is 0.963 bits per heavy atom. The van der Waals surface area contributed by atoms with Crippen molar-refractivity contribution in [1.29, 1.82) is 0 Å². The Bertz CT molecular complexity index is 1020. The fraction of sp³-hybridized carbons (Fsp3) is 0.0500. The Morgan fingerprint density at radius 3 is 2.44 bits per heavy atom. The summed E-state index contributed by atoms with van der Waals surface area (Å²) in [4.78, 5) is 23.2. The fourth-order valence-corrected chi connectivity index (χ4v) is 3.61. The summed E-state index contributed by atoms with van der Waals surface area (Å²) < 4.78 is 1.02. The summed E-state index contributed by atoms with van der Waals surface area (Å²) in [6, 6.07) is 21.9. The molecule has 0 radical (unpaired) electrons. The van der Waals surface area contributed by atoms with Gasteiger partial charge in [-0.2, -0.15) is 5.06 Å². The molecule has 1 N–H and O–H groups in total. The number of thiazole rings is 1. The van der Waals surface area contributed by atoms with Gasteiger partial charge in [-0.15, -0.1) is 0 Å². The summed E-state index contributed by atoms with van der Waals surface area (Å²) in [5.74, 6) is 0.106. The van der Waals surface area contributed by atoms with Crippen LogP contribution in [0.4, 0.5) is 10.9 Å². The number of aromatic nitrogens is 2. The molecule has 0 bridgehead atoms. The van der Waals surface area contributed by atoms with E-state index in [1.165, 1.54) is 11.3 Å². The number of carbonyl (C=O) groups excluding carboxylic acids is 1. The lowest BCUT2D eigenvalue weighted by molar-refractivity contribution is -0.0561. The number of hydroxylamine groups is 2. The van der Waals surface area contributed by atoms with Crippen molar-refractivity contribution in [2.75, 3.05) is 11.6 Å². The zero-order valence-electron chi connectivity index (χ0n) is 14.3. The van der Waals surface area contributed by atoms with Gasteiger partial charge in [0.2, 0.25) is 0 Å². The third-order valence-corrected chi connectivity index (χ3v) is 5.03. The van der Waals surface area contributed by atoms with Crippen LogP contribution in [0.2, 0.25) is 0 Å². The minimum Gasteiger partial charge on any atom is -0.284 e. The Labute approximate surface area is 159 Å². The van der Waals surface area contributed by atoms with E-state index in [-0.39, 0.29) is 6.67 Å². The molecule has 1 amide bonds. The molecular weight excluding hydrogens is 360 g/mol. The fourth-order valence-electron chi connectivity index (χ4n) is 2.65. The monoisotopic (exact) mass is 376 g/mol. The second-order valence-corrected chi connectivity index (χ2v) is 6.80. The number of amides is 1. The van der Waals surface area contributed by atoms with Crippen LogP contribution in [0.25, 0.3) is 10.2 Å². The molecule has 4 aromatic rings. The van der Waals surface area contributed by atoms with E-state index in [4.69, 9.17) is 0 Å². The van der Waals surface area contributed by atoms with Gasteiger partial charge in [0.1, 0.15) is 12.5 Å². The van der Waals surface area contributed by atoms with Gasteiger partial charge in [-0.1, -0.05) is 47.7 Å². The number of para-hydroxylation sites is 1. The predicted molar refractivity (Wildman–Crippen MR) is 105 cm³/mol. The molecule has 0 saturated carbocycles. The van der Waals surface area contributed by atoms with Crippen LogP contribution in [0.3, 0.4) is 0 Å². The lowest BCUT2D eigenvalue weighted by Gasteiger charge is -2.25. The molecule has 134 valence electrons. The molecule has 0 atom stereocenters. The maximum Gasteiger partial charge on any atom is 0.278 e. The summed E-state index contributed by atoms with van der Waals surface area (Å²) in [7, 11) is 0. The Balaban J connectivity index is 1.67. The van der Waals surface area contributed by atoms with Crippen LogP contribution in [-0.2, 0) is 0 Å². The number of rotatable bonds is 5. The lowest BCUT2D eigenvalue weighted by atomic mass is 10.2. The van der Waals surface area contributed by atoms with Crippen LogP contribution in [-0.4, -0.2) is 32.8 Å². The number of nitrogens with zero attached hydrogens (tertiary/aromatic N) is 4. The van der Waals surface area contributed by atoms with Gasteiger partial charge in [0.05, 0.1) is 10.2 Å². The quantitative estimate of drug-likeness (QED) is 0.319. The van der Waals surface area contributed by atoms with Crippen molar-refractivity contribution in [3.8, 4) is 0 Å². The minimum atomic E-state index is -0.488. The number of carbonyl (C=O) groups is 1. The second-order valence-electron chi connectivity index (χ2n) is 5.79. The molecule has 4 rings (SSSR count). The van der Waals surface area contributed by atoms with Gasteiger partial charge in [0.15, 0.2) is 5.13 Å². The first-order chi connectivity index (χ1) is 13.2. The van der Waals surface area contributed by atoms with Gasteiger partial charge in [-0.3, -0.25) is 14.9 Å². The van der Waals surface area contributed by atoms with E-state index >= 15 is 0 Å². The Morgan fingerprint density at radius 2 is 1.70 bits per heavy atom. The van der Waals surface area contributed by atoms with Crippen LogP contribution in [0.15, 0.2) is 79.0 Å². The molecule has 2 aromatic carbocycles. The van der Waals surface area contributed by atoms with Crippen LogP contribution in [0, 0.1) is 0 Å². The lowest BCUT2D eigenvalue weighted by Crippen LogP contribution is -2.37. The van der Waals surface area contributed by atoms with E-state index in [1.54, 1.807) is 35.4 Å². The van der Waals surface area contributed by atoms with Crippen LogP contribution in [0.5, 0.6) is 0 Å². The molecule has 0 aliphatic heterocycles. The van der Waals surface area contributed by atoms with Crippen LogP contribution >= 0.6 is 11.3 Å². The Hall–Kier alpha value is -3.29. The summed E-state index contributed by atoms with van der Waals surface area (Å²) in [6.07, 6.45) is 1.66. The van der Waals surface area contributed by atoms with E-state index < -0.39 is 5.91 Å². The van der Waals surface area contributed by atoms with E-state index in [0.29, 0.717) is 21.6 Å². The number of anilines is 2. The van der Waals surface area contributed by atoms with Gasteiger partial charge in [-0.05, 0) is 36.4 Å². The molecule has 2 aromatic heterocycles. The third-order valence-electron chi connectivity index (χ3n) is 3.97. The molecule has 7 heteroatoms. The highest BCUT2D eigenvalue weighted by atomic mass is 32.1. The molecule has 0 unspecified atom stereocenters. The second kappa shape index (κ2) is 7.53. The molecule has 27 heavy (non-hydrogen) atoms. The standard InChI is InChI=1S/C20H16N4O2S/c25-19(15-8-2-1-3-9-15)24(26)14-23(18-12-6-7-13-21-18)20-22-16-10-4-5-11-17(16)27-20/h1-13,26H,14H2. The van der Waals surface area contributed by atoms with E-state index in [0.717, 1.165) is 10.2 Å². The maximum atomic E-state index is 12.5. The summed E-state index contributed by atoms with van der Waals surface area (Å²) >= 11 is 1.48. The number of fused-ring (bicyclic) bond motifs is 1. The molecule has 0 fully saturated rings. The van der Waals surface area contributed by atoms with Crippen molar-refractivity contribution in [2.24, 2.45) is 0 Å². The van der Waals surface area contributed by atoms with Crippen molar-refractivity contribution in [3.05, 3.63) is 84.6 Å². The maximum absolute atomic E-state index is 12.5. The van der Waals surface area contributed by atoms with Gasteiger partial charge >= 0.3 is 0 Å². The number of hydrogen-bond acceptors (Lipinski definition) is 6. The highest BCUT2D eigenvalue weighted by Gasteiger charge is 2.21. The summed E-state index contributed by atoms with van der Waals surface area (Å²) in [5, 5.41) is 11.8. The molecule has 2 heterocycles. The Kier molecular flexibility index (Phi) is 4.78. The van der Waals surface area contributed by atoms with E-state index in [9.17, 15) is 10.0 Å². The molecule has 6 nitrogen and oxygen atoms in total. The first-order valence-corrected chi connectivity index (χ1v) is 9.14.